The number of hydrogen-bond acceptors (Lipinski definition) is 2. The van der Waals surface area contributed by atoms with Crippen LogP contribution in [0.2, 0.25) is 0 Å². The van der Waals surface area contributed by atoms with Gasteiger partial charge >= 0.3 is 0 Å². The SMILES string of the molecule is C=C(C=N)/C=C(\C=C/C/C=C\CC)C1CCC2C1(C)CC=C1C=C3CCCCC3CC[C@@]12O. The molecule has 2 nitrogen and oxygen atoms in total. The van der Waals surface area contributed by atoms with Gasteiger partial charge < -0.3 is 10.5 Å². The molecule has 0 aromatic carbocycles. The molecule has 0 amide bonds. The van der Waals surface area contributed by atoms with E-state index in [1.165, 1.54) is 43.0 Å². The van der Waals surface area contributed by atoms with E-state index in [9.17, 15) is 5.11 Å². The molecule has 0 aromatic rings. The Balaban J connectivity index is 1.64. The summed E-state index contributed by atoms with van der Waals surface area (Å²) in [6.45, 7) is 8.64. The molecule has 0 aromatic heterocycles. The molecule has 0 saturated heterocycles. The van der Waals surface area contributed by atoms with Crippen molar-refractivity contribution in [2.24, 2.45) is 23.2 Å². The van der Waals surface area contributed by atoms with E-state index < -0.39 is 5.60 Å². The monoisotopic (exact) mass is 445 g/mol. The van der Waals surface area contributed by atoms with Gasteiger partial charge in [-0.25, -0.2) is 0 Å². The summed E-state index contributed by atoms with van der Waals surface area (Å²) < 4.78 is 0. The number of aliphatic hydroxyl groups is 1. The van der Waals surface area contributed by atoms with Gasteiger partial charge in [0.15, 0.2) is 0 Å². The van der Waals surface area contributed by atoms with Gasteiger partial charge in [0.05, 0.1) is 5.60 Å². The Kier molecular flexibility index (Phi) is 7.43. The molecule has 4 rings (SSSR count). The second-order valence-corrected chi connectivity index (χ2v) is 11.1. The maximum atomic E-state index is 12.2. The zero-order valence-corrected chi connectivity index (χ0v) is 20.8. The zero-order valence-electron chi connectivity index (χ0n) is 20.8. The van der Waals surface area contributed by atoms with Gasteiger partial charge in [-0.05, 0) is 104 Å². The van der Waals surface area contributed by atoms with Crippen LogP contribution in [0.3, 0.4) is 0 Å². The molecule has 33 heavy (non-hydrogen) atoms. The van der Waals surface area contributed by atoms with E-state index >= 15 is 0 Å². The summed E-state index contributed by atoms with van der Waals surface area (Å²) in [5, 5.41) is 19.9. The van der Waals surface area contributed by atoms with Crippen molar-refractivity contribution < 1.29 is 5.11 Å². The van der Waals surface area contributed by atoms with E-state index in [4.69, 9.17) is 5.41 Å². The van der Waals surface area contributed by atoms with Crippen molar-refractivity contribution >= 4 is 6.21 Å². The molecular formula is C31H43NO. The van der Waals surface area contributed by atoms with Crippen LogP contribution in [0.1, 0.15) is 84.5 Å². The molecule has 4 aliphatic rings. The molecule has 4 unspecified atom stereocenters. The Morgan fingerprint density at radius 2 is 2.03 bits per heavy atom. The lowest BCUT2D eigenvalue weighted by molar-refractivity contribution is -0.0506. The Bertz CT molecular complexity index is 915. The van der Waals surface area contributed by atoms with Crippen molar-refractivity contribution in [1.82, 2.24) is 0 Å². The van der Waals surface area contributed by atoms with E-state index in [-0.39, 0.29) is 11.3 Å². The van der Waals surface area contributed by atoms with Crippen LogP contribution in [0.25, 0.3) is 0 Å². The van der Waals surface area contributed by atoms with Gasteiger partial charge in [0, 0.05) is 6.21 Å². The minimum Gasteiger partial charge on any atom is -0.385 e. The fourth-order valence-corrected chi connectivity index (χ4v) is 7.35. The summed E-state index contributed by atoms with van der Waals surface area (Å²) in [6, 6.07) is 0. The van der Waals surface area contributed by atoms with Crippen LogP contribution >= 0.6 is 0 Å². The third-order valence-electron chi connectivity index (χ3n) is 9.11. The molecule has 0 spiro atoms. The van der Waals surface area contributed by atoms with Crippen LogP contribution in [-0.4, -0.2) is 16.9 Å². The molecule has 0 heterocycles. The Hall–Kier alpha value is -1.93. The number of rotatable bonds is 7. The van der Waals surface area contributed by atoms with E-state index in [1.807, 2.05) is 0 Å². The largest absolute Gasteiger partial charge is 0.385 e. The van der Waals surface area contributed by atoms with Crippen molar-refractivity contribution in [2.45, 2.75) is 90.1 Å². The topological polar surface area (TPSA) is 44.1 Å². The lowest BCUT2D eigenvalue weighted by Gasteiger charge is -2.49. The predicted octanol–water partition coefficient (Wildman–Crippen LogP) is 8.04. The van der Waals surface area contributed by atoms with Gasteiger partial charge in [-0.1, -0.05) is 75.0 Å². The highest BCUT2D eigenvalue weighted by Gasteiger charge is 2.58. The van der Waals surface area contributed by atoms with E-state index in [0.29, 0.717) is 11.8 Å². The maximum absolute atomic E-state index is 12.2. The van der Waals surface area contributed by atoms with Crippen LogP contribution < -0.4 is 0 Å². The van der Waals surface area contributed by atoms with Crippen LogP contribution in [0.4, 0.5) is 0 Å². The maximum Gasteiger partial charge on any atom is 0.0927 e. The fourth-order valence-electron chi connectivity index (χ4n) is 7.35. The van der Waals surface area contributed by atoms with Crippen molar-refractivity contribution in [3.63, 3.8) is 0 Å². The third-order valence-corrected chi connectivity index (χ3v) is 9.11. The quantitative estimate of drug-likeness (QED) is 0.232. The Morgan fingerprint density at radius 1 is 1.18 bits per heavy atom. The normalized spacial score (nSPS) is 36.6. The summed E-state index contributed by atoms with van der Waals surface area (Å²) in [6.07, 6.45) is 29.6. The van der Waals surface area contributed by atoms with Gasteiger partial charge in [0.1, 0.15) is 0 Å². The standard InChI is InChI=1S/C31H43NO/c1-4-5-6-7-8-13-26(20-23(2)22-32)28-14-15-29-30(28,3)18-17-27-21-25-12-10-9-11-24(25)16-19-31(27,29)33/h5-6,8,13,17,20-22,24,28-29,32-33H,2,4,7,9-12,14-16,18-19H2,1,3H3/b6-5-,13-8-,26-20+,32-22?/t24?,28?,29?,30?,31-/m1/s1. The van der Waals surface area contributed by atoms with Crippen LogP contribution in [0.5, 0.6) is 0 Å². The van der Waals surface area contributed by atoms with Crippen LogP contribution in [-0.2, 0) is 0 Å². The average Bonchev–Trinajstić information content (AvgIpc) is 3.09. The second kappa shape index (κ2) is 10.1. The summed E-state index contributed by atoms with van der Waals surface area (Å²) in [5.41, 5.74) is 4.19. The number of hydrogen-bond donors (Lipinski definition) is 2. The van der Waals surface area contributed by atoms with Gasteiger partial charge in [-0.15, -0.1) is 0 Å². The van der Waals surface area contributed by atoms with Crippen molar-refractivity contribution in [2.75, 3.05) is 0 Å². The molecule has 4 aliphatic carbocycles. The molecule has 0 aliphatic heterocycles. The number of allylic oxidation sites excluding steroid dienone is 9. The molecule has 2 saturated carbocycles. The van der Waals surface area contributed by atoms with Gasteiger partial charge in [0.25, 0.3) is 0 Å². The van der Waals surface area contributed by atoms with E-state index in [2.05, 4.69) is 63.0 Å². The van der Waals surface area contributed by atoms with E-state index in [0.717, 1.165) is 50.5 Å². The highest BCUT2D eigenvalue weighted by atomic mass is 16.3. The minimum atomic E-state index is -0.691. The number of fused-ring (bicyclic) bond motifs is 4. The Morgan fingerprint density at radius 3 is 2.82 bits per heavy atom. The summed E-state index contributed by atoms with van der Waals surface area (Å²) in [5.74, 6) is 1.35. The first-order valence-corrected chi connectivity index (χ1v) is 13.3. The molecule has 5 atom stereocenters. The summed E-state index contributed by atoms with van der Waals surface area (Å²) in [7, 11) is 0. The highest BCUT2D eigenvalue weighted by molar-refractivity contribution is 5.79. The molecule has 0 radical (unpaired) electrons. The van der Waals surface area contributed by atoms with Gasteiger partial charge in [0.2, 0.25) is 0 Å². The fraction of sp³-hybridized carbons (Fsp3) is 0.581. The molecule has 2 heteroatoms. The van der Waals surface area contributed by atoms with Crippen LogP contribution in [0, 0.1) is 28.6 Å². The highest BCUT2D eigenvalue weighted by Crippen LogP contribution is 2.62. The van der Waals surface area contributed by atoms with E-state index in [1.54, 1.807) is 5.57 Å². The zero-order chi connectivity index (χ0) is 23.5. The van der Waals surface area contributed by atoms with Gasteiger partial charge in [-0.3, -0.25) is 0 Å². The lowest BCUT2D eigenvalue weighted by atomic mass is 9.57. The first kappa shape index (κ1) is 24.2. The molecule has 2 N–H and O–H groups in total. The van der Waals surface area contributed by atoms with Gasteiger partial charge in [-0.2, -0.15) is 0 Å². The second-order valence-electron chi connectivity index (χ2n) is 11.1. The number of nitrogens with one attached hydrogen (secondary N) is 1. The molecule has 0 bridgehead atoms. The first-order valence-electron chi connectivity index (χ1n) is 13.3. The van der Waals surface area contributed by atoms with Crippen molar-refractivity contribution in [3.05, 3.63) is 71.4 Å². The van der Waals surface area contributed by atoms with Crippen LogP contribution in [0.15, 0.2) is 71.4 Å². The first-order chi connectivity index (χ1) is 15.9. The molecule has 178 valence electrons. The smallest absolute Gasteiger partial charge is 0.0927 e. The summed E-state index contributed by atoms with van der Waals surface area (Å²) in [4.78, 5) is 0. The predicted molar refractivity (Wildman–Crippen MR) is 140 cm³/mol. The Labute approximate surface area is 201 Å². The third kappa shape index (κ3) is 4.69. The molecular weight excluding hydrogens is 402 g/mol. The van der Waals surface area contributed by atoms with Crippen molar-refractivity contribution in [3.8, 4) is 0 Å². The molecule has 2 fully saturated rings. The summed E-state index contributed by atoms with van der Waals surface area (Å²) >= 11 is 0. The lowest BCUT2D eigenvalue weighted by Crippen LogP contribution is -2.49. The minimum absolute atomic E-state index is 0.0318. The average molecular weight is 446 g/mol. The van der Waals surface area contributed by atoms with Crippen molar-refractivity contribution in [1.29, 1.82) is 5.41 Å².